The fraction of sp³-hybridized carbons (Fsp3) is 0.727. The monoisotopic (exact) mass is 289 g/mol. The van der Waals surface area contributed by atoms with Gasteiger partial charge in [0.15, 0.2) is 0 Å². The molecule has 1 aliphatic heterocycles. The van der Waals surface area contributed by atoms with Gasteiger partial charge in [0.2, 0.25) is 11.8 Å². The van der Waals surface area contributed by atoms with Crippen LogP contribution in [0.4, 0.5) is 0 Å². The quantitative estimate of drug-likeness (QED) is 0.468. The van der Waals surface area contributed by atoms with E-state index in [4.69, 9.17) is 5.11 Å². The normalized spacial score (nSPS) is 15.8. The summed E-state index contributed by atoms with van der Waals surface area (Å²) in [5, 5.41) is 16.7. The Kier molecular flexibility index (Phi) is 7.27. The molecule has 1 saturated heterocycles. The molecule has 0 aliphatic carbocycles. The third-order valence-corrected chi connectivity index (χ3v) is 3.99. The van der Waals surface area contributed by atoms with E-state index in [-0.39, 0.29) is 12.5 Å². The van der Waals surface area contributed by atoms with Gasteiger partial charge < -0.3 is 21.1 Å². The predicted molar refractivity (Wildman–Crippen MR) is 72.0 cm³/mol. The molecular weight excluding hydrogens is 270 g/mol. The molecule has 108 valence electrons. The highest BCUT2D eigenvalue weighted by atomic mass is 32.2. The summed E-state index contributed by atoms with van der Waals surface area (Å²) in [7, 11) is 0. The number of thioether (sulfide) groups is 1. The molecule has 1 rings (SSSR count). The number of rotatable bonds is 7. The van der Waals surface area contributed by atoms with Crippen LogP contribution in [0.5, 0.6) is 0 Å². The molecule has 0 aromatic rings. The van der Waals surface area contributed by atoms with Crippen LogP contribution in [-0.4, -0.2) is 60.1 Å². The molecule has 4 N–H and O–H groups in total. The number of piperidine rings is 1. The Balaban J connectivity index is 2.06. The van der Waals surface area contributed by atoms with Crippen molar-refractivity contribution in [1.29, 1.82) is 0 Å². The maximum absolute atomic E-state index is 11.5. The number of nitrogens with one attached hydrogen (secondary N) is 3. The van der Waals surface area contributed by atoms with E-state index in [0.29, 0.717) is 11.0 Å². The first-order chi connectivity index (χ1) is 9.08. The minimum absolute atomic E-state index is 0.182. The zero-order valence-corrected chi connectivity index (χ0v) is 11.4. The van der Waals surface area contributed by atoms with Gasteiger partial charge in [0.1, 0.15) is 6.54 Å². The third-order valence-electron chi connectivity index (χ3n) is 2.62. The predicted octanol–water partition coefficient (Wildman–Crippen LogP) is -1.21. The van der Waals surface area contributed by atoms with Gasteiger partial charge in [-0.2, -0.15) is 0 Å². The summed E-state index contributed by atoms with van der Waals surface area (Å²) < 4.78 is 0. The third kappa shape index (κ3) is 7.68. The van der Waals surface area contributed by atoms with Crippen LogP contribution in [0.25, 0.3) is 0 Å². The molecule has 19 heavy (non-hydrogen) atoms. The lowest BCUT2D eigenvalue weighted by Gasteiger charge is -2.21. The topological polar surface area (TPSA) is 108 Å². The molecule has 2 amide bonds. The van der Waals surface area contributed by atoms with Gasteiger partial charge in [-0.1, -0.05) is 0 Å². The van der Waals surface area contributed by atoms with Crippen LogP contribution in [0.2, 0.25) is 0 Å². The minimum Gasteiger partial charge on any atom is -0.480 e. The van der Waals surface area contributed by atoms with Gasteiger partial charge in [0.05, 0.1) is 12.3 Å². The van der Waals surface area contributed by atoms with Gasteiger partial charge in [0.25, 0.3) is 0 Å². The zero-order chi connectivity index (χ0) is 14.1. The summed E-state index contributed by atoms with van der Waals surface area (Å²) in [6.07, 6.45) is 2.11. The van der Waals surface area contributed by atoms with E-state index in [0.717, 1.165) is 25.9 Å². The standard InChI is InChI=1S/C11H19N3O4S/c15-9(14-6-11(17)18)5-13-10(16)7-19-8-1-3-12-4-2-8/h8,12H,1-7H2,(H,13,16)(H,14,15)(H,17,18). The lowest BCUT2D eigenvalue weighted by Crippen LogP contribution is -2.39. The van der Waals surface area contributed by atoms with Crippen molar-refractivity contribution >= 4 is 29.5 Å². The van der Waals surface area contributed by atoms with Crippen LogP contribution in [0, 0.1) is 0 Å². The number of hydrogen-bond donors (Lipinski definition) is 4. The number of aliphatic carboxylic acids is 1. The maximum atomic E-state index is 11.5. The zero-order valence-electron chi connectivity index (χ0n) is 10.6. The van der Waals surface area contributed by atoms with Gasteiger partial charge in [0, 0.05) is 5.25 Å². The molecule has 7 nitrogen and oxygen atoms in total. The summed E-state index contributed by atoms with van der Waals surface area (Å²) >= 11 is 1.60. The van der Waals surface area contributed by atoms with Crippen LogP contribution in [0.15, 0.2) is 0 Å². The van der Waals surface area contributed by atoms with E-state index in [1.807, 2.05) is 0 Å². The van der Waals surface area contributed by atoms with Gasteiger partial charge in [-0.3, -0.25) is 14.4 Å². The van der Waals surface area contributed by atoms with Crippen molar-refractivity contribution in [2.45, 2.75) is 18.1 Å². The highest BCUT2D eigenvalue weighted by molar-refractivity contribution is 8.00. The van der Waals surface area contributed by atoms with Crippen molar-refractivity contribution in [3.63, 3.8) is 0 Å². The number of carboxylic acid groups (broad SMARTS) is 1. The summed E-state index contributed by atoms with van der Waals surface area (Å²) in [4.78, 5) is 32.8. The first-order valence-corrected chi connectivity index (χ1v) is 7.20. The fourth-order valence-corrected chi connectivity index (χ4v) is 2.68. The number of hydrogen-bond acceptors (Lipinski definition) is 5. The summed E-state index contributed by atoms with van der Waals surface area (Å²) in [5.74, 6) is -1.48. The molecule has 1 aliphatic rings. The summed E-state index contributed by atoms with van der Waals surface area (Å²) in [5.41, 5.74) is 0. The average Bonchev–Trinajstić information content (AvgIpc) is 2.41. The van der Waals surface area contributed by atoms with Crippen LogP contribution < -0.4 is 16.0 Å². The first-order valence-electron chi connectivity index (χ1n) is 6.15. The second-order valence-electron chi connectivity index (χ2n) is 4.21. The van der Waals surface area contributed by atoms with E-state index in [1.165, 1.54) is 0 Å². The van der Waals surface area contributed by atoms with Crippen LogP contribution in [0.3, 0.4) is 0 Å². The second-order valence-corrected chi connectivity index (χ2v) is 5.50. The van der Waals surface area contributed by atoms with Gasteiger partial charge in [-0.25, -0.2) is 0 Å². The van der Waals surface area contributed by atoms with Gasteiger partial charge in [-0.15, -0.1) is 11.8 Å². The van der Waals surface area contributed by atoms with Crippen LogP contribution >= 0.6 is 11.8 Å². The summed E-state index contributed by atoms with van der Waals surface area (Å²) in [6.45, 7) is 1.35. The molecule has 0 spiro atoms. The first kappa shape index (κ1) is 15.8. The Morgan fingerprint density at radius 2 is 1.74 bits per heavy atom. The number of carboxylic acids is 1. The molecule has 0 saturated carbocycles. The Morgan fingerprint density at radius 1 is 1.11 bits per heavy atom. The van der Waals surface area contributed by atoms with E-state index in [1.54, 1.807) is 11.8 Å². The van der Waals surface area contributed by atoms with Crippen molar-refractivity contribution in [3.8, 4) is 0 Å². The molecule has 1 fully saturated rings. The highest BCUT2D eigenvalue weighted by Gasteiger charge is 2.15. The van der Waals surface area contributed by atoms with Crippen molar-refractivity contribution in [2.24, 2.45) is 0 Å². The SMILES string of the molecule is O=C(O)CNC(=O)CNC(=O)CSC1CCNCC1. The molecule has 0 radical (unpaired) electrons. The van der Waals surface area contributed by atoms with Gasteiger partial charge >= 0.3 is 5.97 Å². The minimum atomic E-state index is -1.11. The Hall–Kier alpha value is -1.28. The smallest absolute Gasteiger partial charge is 0.322 e. The lowest BCUT2D eigenvalue weighted by molar-refractivity contribution is -0.137. The molecule has 0 atom stereocenters. The van der Waals surface area contributed by atoms with E-state index < -0.39 is 18.4 Å². The van der Waals surface area contributed by atoms with E-state index in [9.17, 15) is 14.4 Å². The fourth-order valence-electron chi connectivity index (χ4n) is 1.62. The molecule has 0 bridgehead atoms. The van der Waals surface area contributed by atoms with Crippen molar-refractivity contribution in [1.82, 2.24) is 16.0 Å². The Bertz CT molecular complexity index is 332. The molecule has 0 unspecified atom stereocenters. The van der Waals surface area contributed by atoms with E-state index in [2.05, 4.69) is 16.0 Å². The Morgan fingerprint density at radius 3 is 2.37 bits per heavy atom. The van der Waals surface area contributed by atoms with Crippen molar-refractivity contribution in [2.75, 3.05) is 31.9 Å². The Labute approximate surface area is 115 Å². The molecular formula is C11H19N3O4S. The second kappa shape index (κ2) is 8.76. The molecule has 0 aromatic heterocycles. The van der Waals surface area contributed by atoms with Gasteiger partial charge in [-0.05, 0) is 25.9 Å². The molecule has 8 heteroatoms. The number of carbonyl (C=O) groups is 3. The van der Waals surface area contributed by atoms with Crippen molar-refractivity contribution < 1.29 is 19.5 Å². The van der Waals surface area contributed by atoms with Crippen molar-refractivity contribution in [3.05, 3.63) is 0 Å². The largest absolute Gasteiger partial charge is 0.480 e. The molecule has 1 heterocycles. The summed E-state index contributed by atoms with van der Waals surface area (Å²) in [6, 6.07) is 0. The number of carbonyl (C=O) groups excluding carboxylic acids is 2. The maximum Gasteiger partial charge on any atom is 0.322 e. The average molecular weight is 289 g/mol. The highest BCUT2D eigenvalue weighted by Crippen LogP contribution is 2.19. The van der Waals surface area contributed by atoms with E-state index >= 15 is 0 Å². The lowest BCUT2D eigenvalue weighted by atomic mass is 10.2. The molecule has 0 aromatic carbocycles. The van der Waals surface area contributed by atoms with Crippen LogP contribution in [-0.2, 0) is 14.4 Å². The number of amides is 2. The van der Waals surface area contributed by atoms with Crippen LogP contribution in [0.1, 0.15) is 12.8 Å².